The molecule has 7 rings (SSSR count). The number of aromatic hydroxyl groups is 1. The Balaban J connectivity index is 1.16. The second-order valence-corrected chi connectivity index (χ2v) is 11.1. The van der Waals surface area contributed by atoms with Gasteiger partial charge in [-0.2, -0.15) is 0 Å². The first-order valence-electron chi connectivity index (χ1n) is 14.2. The van der Waals surface area contributed by atoms with E-state index in [0.717, 1.165) is 16.5 Å². The smallest absolute Gasteiger partial charge is 0.342 e. The van der Waals surface area contributed by atoms with Crippen molar-refractivity contribution >= 4 is 34.4 Å². The Kier molecular flexibility index (Phi) is 7.16. The van der Waals surface area contributed by atoms with Crippen molar-refractivity contribution in [3.63, 3.8) is 0 Å². The molecular weight excluding hydrogens is 590 g/mol. The van der Waals surface area contributed by atoms with Gasteiger partial charge in [0.15, 0.2) is 0 Å². The zero-order chi connectivity index (χ0) is 31.1. The van der Waals surface area contributed by atoms with E-state index in [-0.39, 0.29) is 17.7 Å². The number of ether oxygens (including phenoxy) is 2. The van der Waals surface area contributed by atoms with E-state index in [1.807, 2.05) is 48.5 Å². The number of carbonyl (C=O) groups is 2. The molecule has 0 amide bonds. The molecule has 5 aromatic carbocycles. The van der Waals surface area contributed by atoms with E-state index in [4.69, 9.17) is 21.1 Å². The Morgan fingerprint density at radius 2 is 1.49 bits per heavy atom. The van der Waals surface area contributed by atoms with Gasteiger partial charge in [-0.05, 0) is 58.0 Å². The van der Waals surface area contributed by atoms with Crippen molar-refractivity contribution in [2.75, 3.05) is 0 Å². The molecule has 0 saturated carbocycles. The molecule has 7 nitrogen and oxygen atoms in total. The number of benzene rings is 5. The molecule has 220 valence electrons. The fraction of sp³-hybridized carbons (Fsp3) is 0.0541. The first-order chi connectivity index (χ1) is 21.8. The standard InChI is InChI=1S/C37H24ClNO6/c38-31-20-32-25(17-29(31)24-13-14-26(33(40)19-24)22-8-2-1-3-9-22)18-30(35(42)39-32)23-10-6-7-21(15-23)16-34(41)44-37-28-12-5-4-11-27(28)36(43)45-37/h1-15,17-20,37,40H,16H2,(H,39,42). The third kappa shape index (κ3) is 5.46. The molecule has 1 aliphatic rings. The van der Waals surface area contributed by atoms with Gasteiger partial charge in [-0.25, -0.2) is 4.79 Å². The first kappa shape index (κ1) is 28.1. The number of hydrogen-bond acceptors (Lipinski definition) is 6. The van der Waals surface area contributed by atoms with E-state index in [1.165, 1.54) is 0 Å². The highest BCUT2D eigenvalue weighted by molar-refractivity contribution is 6.34. The van der Waals surface area contributed by atoms with Crippen molar-refractivity contribution in [2.45, 2.75) is 12.7 Å². The summed E-state index contributed by atoms with van der Waals surface area (Å²) in [4.78, 5) is 40.9. The van der Waals surface area contributed by atoms with Crippen molar-refractivity contribution in [3.05, 3.63) is 147 Å². The first-order valence-corrected chi connectivity index (χ1v) is 14.6. The van der Waals surface area contributed by atoms with Gasteiger partial charge in [0.2, 0.25) is 0 Å². The third-order valence-electron chi connectivity index (χ3n) is 7.80. The molecular formula is C37H24ClNO6. The summed E-state index contributed by atoms with van der Waals surface area (Å²) in [6.07, 6.45) is -1.18. The number of halogens is 1. The fourth-order valence-corrected chi connectivity index (χ4v) is 5.87. The number of esters is 2. The number of carbonyl (C=O) groups excluding carboxylic acids is 2. The molecule has 1 aliphatic heterocycles. The number of nitrogens with one attached hydrogen (secondary N) is 1. The molecule has 0 fully saturated rings. The number of aromatic amines is 1. The van der Waals surface area contributed by atoms with E-state index in [9.17, 15) is 19.5 Å². The summed E-state index contributed by atoms with van der Waals surface area (Å²) in [6, 6.07) is 34.2. The molecule has 45 heavy (non-hydrogen) atoms. The summed E-state index contributed by atoms with van der Waals surface area (Å²) in [7, 11) is 0. The second-order valence-electron chi connectivity index (χ2n) is 10.7. The quantitative estimate of drug-likeness (QED) is 0.185. The summed E-state index contributed by atoms with van der Waals surface area (Å²) < 4.78 is 10.7. The van der Waals surface area contributed by atoms with Crippen LogP contribution in [0.5, 0.6) is 5.75 Å². The van der Waals surface area contributed by atoms with E-state index >= 15 is 0 Å². The average Bonchev–Trinajstić information content (AvgIpc) is 3.35. The van der Waals surface area contributed by atoms with Gasteiger partial charge < -0.3 is 19.6 Å². The van der Waals surface area contributed by atoms with Gasteiger partial charge in [0.05, 0.1) is 17.0 Å². The topological polar surface area (TPSA) is 106 Å². The van der Waals surface area contributed by atoms with Gasteiger partial charge in [0.1, 0.15) is 5.75 Å². The van der Waals surface area contributed by atoms with Crippen molar-refractivity contribution < 1.29 is 24.2 Å². The van der Waals surface area contributed by atoms with Gasteiger partial charge >= 0.3 is 11.9 Å². The van der Waals surface area contributed by atoms with Gasteiger partial charge in [-0.3, -0.25) is 9.59 Å². The van der Waals surface area contributed by atoms with Crippen LogP contribution >= 0.6 is 11.6 Å². The summed E-state index contributed by atoms with van der Waals surface area (Å²) in [6.45, 7) is 0. The van der Waals surface area contributed by atoms with Crippen LogP contribution in [0.25, 0.3) is 44.3 Å². The van der Waals surface area contributed by atoms with E-state index in [0.29, 0.717) is 49.5 Å². The van der Waals surface area contributed by atoms with Gasteiger partial charge in [-0.15, -0.1) is 0 Å². The minimum atomic E-state index is -1.09. The lowest BCUT2D eigenvalue weighted by Crippen LogP contribution is -2.14. The lowest BCUT2D eigenvalue weighted by Gasteiger charge is -2.13. The number of H-pyrrole nitrogens is 1. The fourth-order valence-electron chi connectivity index (χ4n) is 5.60. The number of phenols is 1. The van der Waals surface area contributed by atoms with Crippen LogP contribution in [0.2, 0.25) is 5.02 Å². The zero-order valence-corrected chi connectivity index (χ0v) is 24.4. The predicted molar refractivity (Wildman–Crippen MR) is 172 cm³/mol. The van der Waals surface area contributed by atoms with Crippen LogP contribution in [-0.2, 0) is 20.7 Å². The van der Waals surface area contributed by atoms with E-state index < -0.39 is 18.2 Å². The normalized spacial score (nSPS) is 13.8. The molecule has 1 unspecified atom stereocenters. The Hall–Kier alpha value is -5.66. The molecule has 0 radical (unpaired) electrons. The van der Waals surface area contributed by atoms with Gasteiger partial charge in [0.25, 0.3) is 11.8 Å². The molecule has 2 heterocycles. The number of rotatable bonds is 6. The van der Waals surface area contributed by atoms with Crippen molar-refractivity contribution in [3.8, 4) is 39.1 Å². The SMILES string of the molecule is O=C(Cc1cccc(-c2cc3cc(-c4ccc(-c5ccccc5)c(O)c4)c(Cl)cc3[nH]c2=O)c1)OC1OC(=O)c2ccccc21. The van der Waals surface area contributed by atoms with Crippen molar-refractivity contribution in [1.29, 1.82) is 0 Å². The van der Waals surface area contributed by atoms with E-state index in [1.54, 1.807) is 66.7 Å². The summed E-state index contributed by atoms with van der Waals surface area (Å²) >= 11 is 6.65. The number of hydrogen-bond donors (Lipinski definition) is 2. The Morgan fingerprint density at radius 3 is 2.31 bits per heavy atom. The summed E-state index contributed by atoms with van der Waals surface area (Å²) in [5.41, 5.74) is 5.81. The Morgan fingerprint density at radius 1 is 0.756 bits per heavy atom. The number of pyridine rings is 1. The molecule has 1 atom stereocenters. The van der Waals surface area contributed by atoms with Crippen LogP contribution < -0.4 is 5.56 Å². The predicted octanol–water partition coefficient (Wildman–Crippen LogP) is 7.84. The van der Waals surface area contributed by atoms with Gasteiger partial charge in [0, 0.05) is 27.8 Å². The van der Waals surface area contributed by atoms with Crippen molar-refractivity contribution in [1.82, 2.24) is 4.98 Å². The minimum absolute atomic E-state index is 0.0855. The maximum atomic E-state index is 13.2. The number of cyclic esters (lactones) is 1. The monoisotopic (exact) mass is 613 g/mol. The Bertz CT molecular complexity index is 2190. The number of fused-ring (bicyclic) bond motifs is 2. The maximum absolute atomic E-state index is 13.2. The molecule has 0 bridgehead atoms. The van der Waals surface area contributed by atoms with Gasteiger partial charge in [-0.1, -0.05) is 96.5 Å². The molecule has 0 saturated heterocycles. The molecule has 1 aromatic heterocycles. The lowest BCUT2D eigenvalue weighted by molar-refractivity contribution is -0.166. The lowest BCUT2D eigenvalue weighted by atomic mass is 9.97. The van der Waals surface area contributed by atoms with Crippen molar-refractivity contribution in [2.24, 2.45) is 0 Å². The molecule has 0 aliphatic carbocycles. The molecule has 8 heteroatoms. The zero-order valence-electron chi connectivity index (χ0n) is 23.6. The summed E-state index contributed by atoms with van der Waals surface area (Å²) in [5, 5.41) is 12.0. The Labute approximate surface area is 262 Å². The highest BCUT2D eigenvalue weighted by Gasteiger charge is 2.33. The highest BCUT2D eigenvalue weighted by atomic mass is 35.5. The van der Waals surface area contributed by atoms with Crippen LogP contribution in [0, 0.1) is 0 Å². The largest absolute Gasteiger partial charge is 0.507 e. The van der Waals surface area contributed by atoms with Crippen LogP contribution in [0.15, 0.2) is 120 Å². The van der Waals surface area contributed by atoms with Crippen LogP contribution in [-0.4, -0.2) is 22.0 Å². The highest BCUT2D eigenvalue weighted by Crippen LogP contribution is 2.38. The number of aromatic nitrogens is 1. The van der Waals surface area contributed by atoms with Crippen LogP contribution in [0.4, 0.5) is 0 Å². The van der Waals surface area contributed by atoms with Crippen LogP contribution in [0.3, 0.4) is 0 Å². The summed E-state index contributed by atoms with van der Waals surface area (Å²) in [5.74, 6) is -0.982. The minimum Gasteiger partial charge on any atom is -0.507 e. The average molecular weight is 614 g/mol. The number of phenolic OH excluding ortho intramolecular Hbond substituents is 1. The third-order valence-corrected chi connectivity index (χ3v) is 8.11. The molecule has 2 N–H and O–H groups in total. The van der Waals surface area contributed by atoms with Crippen LogP contribution in [0.1, 0.15) is 27.8 Å². The maximum Gasteiger partial charge on any atom is 0.342 e. The molecule has 6 aromatic rings. The second kappa shape index (κ2) is 11.4. The molecule has 0 spiro atoms. The van der Waals surface area contributed by atoms with E-state index in [2.05, 4.69) is 4.98 Å².